The van der Waals surface area contributed by atoms with Crippen molar-refractivity contribution >= 4 is 29.9 Å². The van der Waals surface area contributed by atoms with Crippen LogP contribution >= 0.6 is 24.0 Å². The van der Waals surface area contributed by atoms with E-state index in [1.165, 1.54) is 11.1 Å². The zero-order valence-electron chi connectivity index (χ0n) is 19.0. The third-order valence-corrected chi connectivity index (χ3v) is 5.02. The highest BCUT2D eigenvalue weighted by atomic mass is 127. The molecule has 6 nitrogen and oxygen atoms in total. The predicted molar refractivity (Wildman–Crippen MR) is 132 cm³/mol. The highest BCUT2D eigenvalue weighted by Gasteiger charge is 2.22. The fourth-order valence-corrected chi connectivity index (χ4v) is 3.32. The van der Waals surface area contributed by atoms with Crippen molar-refractivity contribution in [2.45, 2.75) is 45.6 Å². The molecule has 1 aromatic heterocycles. The second-order valence-corrected chi connectivity index (χ2v) is 8.24. The summed E-state index contributed by atoms with van der Waals surface area (Å²) in [5.41, 5.74) is 3.59. The van der Waals surface area contributed by atoms with Gasteiger partial charge in [-0.2, -0.15) is 5.10 Å². The fraction of sp³-hybridized carbons (Fsp3) is 0.545. The van der Waals surface area contributed by atoms with Crippen molar-refractivity contribution in [1.29, 1.82) is 0 Å². The largest absolute Gasteiger partial charge is 0.497 e. The molecule has 2 aromatic rings. The number of rotatable bonds is 7. The number of nitrogens with one attached hydrogen (secondary N) is 1. The summed E-state index contributed by atoms with van der Waals surface area (Å²) in [6.45, 7) is 10.4. The molecule has 0 aliphatic heterocycles. The fourth-order valence-electron chi connectivity index (χ4n) is 3.32. The molecule has 0 bridgehead atoms. The molecule has 0 saturated heterocycles. The smallest absolute Gasteiger partial charge is 0.193 e. The van der Waals surface area contributed by atoms with E-state index >= 15 is 0 Å². The molecule has 0 atom stereocenters. The molecule has 29 heavy (non-hydrogen) atoms. The Labute approximate surface area is 192 Å². The van der Waals surface area contributed by atoms with Crippen molar-refractivity contribution in [2.24, 2.45) is 12.0 Å². The van der Waals surface area contributed by atoms with Crippen LogP contribution in [0.1, 0.15) is 50.4 Å². The monoisotopic (exact) mass is 513 g/mol. The summed E-state index contributed by atoms with van der Waals surface area (Å²) in [6, 6.07) is 8.26. The number of methoxy groups -OCH3 is 1. The molecule has 0 fully saturated rings. The molecule has 0 unspecified atom stereocenters. The van der Waals surface area contributed by atoms with E-state index in [0.29, 0.717) is 5.92 Å². The quantitative estimate of drug-likeness (QED) is 0.344. The predicted octanol–water partition coefficient (Wildman–Crippen LogP) is 4.16. The van der Waals surface area contributed by atoms with Crippen molar-refractivity contribution < 1.29 is 4.74 Å². The first kappa shape index (κ1) is 25.3. The average Bonchev–Trinajstić information content (AvgIpc) is 3.02. The summed E-state index contributed by atoms with van der Waals surface area (Å²) < 4.78 is 7.16. The molecule has 7 heteroatoms. The third kappa shape index (κ3) is 6.62. The Morgan fingerprint density at radius 3 is 2.41 bits per heavy atom. The summed E-state index contributed by atoms with van der Waals surface area (Å²) in [7, 11) is 7.55. The summed E-state index contributed by atoms with van der Waals surface area (Å²) in [4.78, 5) is 6.62. The second kappa shape index (κ2) is 10.8. The Morgan fingerprint density at radius 2 is 1.90 bits per heavy atom. The van der Waals surface area contributed by atoms with Crippen LogP contribution in [-0.4, -0.2) is 48.4 Å². The van der Waals surface area contributed by atoms with E-state index in [1.54, 1.807) is 7.11 Å². The van der Waals surface area contributed by atoms with Crippen molar-refractivity contribution in [2.75, 3.05) is 27.7 Å². The minimum Gasteiger partial charge on any atom is -0.497 e. The van der Waals surface area contributed by atoms with Crippen molar-refractivity contribution in [3.05, 3.63) is 47.3 Å². The highest BCUT2D eigenvalue weighted by Crippen LogP contribution is 2.25. The number of halogens is 1. The molecular formula is C22H36IN5O. The lowest BCUT2D eigenvalue weighted by Gasteiger charge is -2.29. The lowest BCUT2D eigenvalue weighted by Crippen LogP contribution is -2.44. The number of nitrogens with zero attached hydrogens (tertiary/aromatic N) is 4. The van der Waals surface area contributed by atoms with Gasteiger partial charge in [0.1, 0.15) is 5.75 Å². The first-order valence-electron chi connectivity index (χ1n) is 9.76. The number of aromatic nitrogens is 2. The molecule has 2 rings (SSSR count). The number of ether oxygens (including phenoxy) is 1. The van der Waals surface area contributed by atoms with Gasteiger partial charge in [0.25, 0.3) is 0 Å². The van der Waals surface area contributed by atoms with Gasteiger partial charge in [-0.1, -0.05) is 39.8 Å². The molecule has 162 valence electrons. The molecule has 0 saturated carbocycles. The van der Waals surface area contributed by atoms with Crippen LogP contribution in [0.15, 0.2) is 35.5 Å². The van der Waals surface area contributed by atoms with Gasteiger partial charge in [0.15, 0.2) is 5.96 Å². The van der Waals surface area contributed by atoms with E-state index in [9.17, 15) is 0 Å². The van der Waals surface area contributed by atoms with Gasteiger partial charge in [0.2, 0.25) is 0 Å². The maximum atomic E-state index is 5.27. The van der Waals surface area contributed by atoms with E-state index in [2.05, 4.69) is 73.4 Å². The highest BCUT2D eigenvalue weighted by molar-refractivity contribution is 14.0. The number of hydrogen-bond donors (Lipinski definition) is 1. The Kier molecular flexibility index (Phi) is 9.45. The number of aliphatic imine (C=N–C) groups is 1. The van der Waals surface area contributed by atoms with Crippen LogP contribution in [0.5, 0.6) is 5.75 Å². The summed E-state index contributed by atoms with van der Waals surface area (Å²) in [6.07, 6.45) is 2.10. The molecule has 0 radical (unpaired) electrons. The Hall–Kier alpha value is -1.77. The zero-order chi connectivity index (χ0) is 20.9. The minimum absolute atomic E-state index is 0. The van der Waals surface area contributed by atoms with E-state index in [0.717, 1.165) is 30.5 Å². The lowest BCUT2D eigenvalue weighted by atomic mass is 9.84. The summed E-state index contributed by atoms with van der Waals surface area (Å²) in [5.74, 6) is 2.15. The number of guanidine groups is 1. The van der Waals surface area contributed by atoms with Gasteiger partial charge in [0, 0.05) is 51.4 Å². The van der Waals surface area contributed by atoms with Crippen LogP contribution in [0.25, 0.3) is 0 Å². The SMILES string of the molecule is CN=C(NCC(C)(C)c1ccc(OC)cc1)N(C)Cc1cn(C)nc1C(C)C.I. The maximum Gasteiger partial charge on any atom is 0.193 e. The van der Waals surface area contributed by atoms with Gasteiger partial charge >= 0.3 is 0 Å². The van der Waals surface area contributed by atoms with Gasteiger partial charge < -0.3 is 15.0 Å². The topological polar surface area (TPSA) is 54.7 Å². The molecular weight excluding hydrogens is 477 g/mol. The first-order chi connectivity index (χ1) is 13.2. The van der Waals surface area contributed by atoms with E-state index < -0.39 is 0 Å². The van der Waals surface area contributed by atoms with Crippen molar-refractivity contribution in [1.82, 2.24) is 20.0 Å². The van der Waals surface area contributed by atoms with Crippen LogP contribution in [0, 0.1) is 0 Å². The van der Waals surface area contributed by atoms with Gasteiger partial charge in [0.05, 0.1) is 12.8 Å². The average molecular weight is 513 g/mol. The van der Waals surface area contributed by atoms with E-state index in [1.807, 2.05) is 30.9 Å². The Balaban J connectivity index is 0.00000420. The molecule has 1 N–H and O–H groups in total. The van der Waals surface area contributed by atoms with E-state index in [4.69, 9.17) is 4.74 Å². The summed E-state index contributed by atoms with van der Waals surface area (Å²) >= 11 is 0. The number of aryl methyl sites for hydroxylation is 1. The van der Waals surface area contributed by atoms with Gasteiger partial charge in [-0.05, 0) is 23.6 Å². The number of hydrogen-bond acceptors (Lipinski definition) is 3. The molecule has 1 heterocycles. The second-order valence-electron chi connectivity index (χ2n) is 8.24. The molecule has 0 spiro atoms. The molecule has 0 aliphatic carbocycles. The van der Waals surface area contributed by atoms with Crippen LogP contribution < -0.4 is 10.1 Å². The third-order valence-electron chi connectivity index (χ3n) is 5.02. The van der Waals surface area contributed by atoms with E-state index in [-0.39, 0.29) is 29.4 Å². The molecule has 1 aromatic carbocycles. The van der Waals surface area contributed by atoms with Gasteiger partial charge in [-0.3, -0.25) is 9.67 Å². The molecule has 0 aliphatic rings. The standard InChI is InChI=1S/C22H35N5O.HI/c1-16(2)20-17(14-27(7)25-20)13-26(6)21(23-5)24-15-22(3,4)18-9-11-19(28-8)12-10-18;/h9-12,14,16H,13,15H2,1-8H3,(H,23,24);1H. The molecule has 0 amide bonds. The van der Waals surface area contributed by atoms with Crippen LogP contribution in [0.2, 0.25) is 0 Å². The Morgan fingerprint density at radius 1 is 1.28 bits per heavy atom. The first-order valence-corrected chi connectivity index (χ1v) is 9.76. The normalized spacial score (nSPS) is 12.0. The van der Waals surface area contributed by atoms with Crippen LogP contribution in [0.3, 0.4) is 0 Å². The minimum atomic E-state index is -0.0412. The van der Waals surface area contributed by atoms with Gasteiger partial charge in [-0.15, -0.1) is 24.0 Å². The van der Waals surface area contributed by atoms with Crippen molar-refractivity contribution in [3.63, 3.8) is 0 Å². The van der Waals surface area contributed by atoms with Crippen LogP contribution in [0.4, 0.5) is 0 Å². The lowest BCUT2D eigenvalue weighted by molar-refractivity contribution is 0.413. The Bertz CT molecular complexity index is 796. The maximum absolute atomic E-state index is 5.27. The van der Waals surface area contributed by atoms with Crippen molar-refractivity contribution in [3.8, 4) is 5.75 Å². The number of benzene rings is 1. The summed E-state index contributed by atoms with van der Waals surface area (Å²) in [5, 5.41) is 8.14. The zero-order valence-corrected chi connectivity index (χ0v) is 21.3. The van der Waals surface area contributed by atoms with Crippen LogP contribution in [-0.2, 0) is 19.0 Å². The van der Waals surface area contributed by atoms with Gasteiger partial charge in [-0.25, -0.2) is 0 Å².